The first-order valence-electron chi connectivity index (χ1n) is 9.61. The third kappa shape index (κ3) is 5.38. The van der Waals surface area contributed by atoms with E-state index in [0.717, 1.165) is 17.8 Å². The van der Waals surface area contributed by atoms with Crippen LogP contribution in [0.1, 0.15) is 19.0 Å². The van der Waals surface area contributed by atoms with Crippen LogP contribution in [0.25, 0.3) is 11.2 Å². The molecule has 1 aliphatic heterocycles. The topological polar surface area (TPSA) is 267 Å². The molecule has 0 aliphatic carbocycles. The van der Waals surface area contributed by atoms with Crippen LogP contribution in [0.2, 0.25) is 0 Å². The number of hydrogen-bond donors (Lipinski definition) is 8. The molecule has 2 amide bonds. The first-order chi connectivity index (χ1) is 15.8. The van der Waals surface area contributed by atoms with Crippen molar-refractivity contribution in [3.8, 4) is 0 Å². The van der Waals surface area contributed by atoms with Gasteiger partial charge < -0.3 is 35.6 Å². The molecule has 2 aromatic heterocycles. The molecule has 17 nitrogen and oxygen atoms in total. The van der Waals surface area contributed by atoms with Crippen molar-refractivity contribution in [2.75, 3.05) is 11.9 Å². The van der Waals surface area contributed by atoms with E-state index in [0.29, 0.717) is 0 Å². The smallest absolute Gasteiger partial charge is 0.328 e. The number of nitrogens with zero attached hydrogens (tertiary/aromatic N) is 4. The van der Waals surface area contributed by atoms with Crippen LogP contribution in [0.5, 0.6) is 0 Å². The second-order valence-electron chi connectivity index (χ2n) is 7.42. The number of aromatic nitrogens is 4. The van der Waals surface area contributed by atoms with Gasteiger partial charge in [0.15, 0.2) is 35.1 Å². The maximum atomic E-state index is 12.3. The maximum Gasteiger partial charge on any atom is 0.328 e. The molecule has 1 aliphatic rings. The van der Waals surface area contributed by atoms with Crippen LogP contribution in [0.4, 0.5) is 10.6 Å². The summed E-state index contributed by atoms with van der Waals surface area (Å²) in [5.41, 5.74) is -0.347. The quantitative estimate of drug-likeness (QED) is 0.164. The van der Waals surface area contributed by atoms with Gasteiger partial charge in [-0.2, -0.15) is 8.42 Å². The van der Waals surface area contributed by atoms with Crippen LogP contribution >= 0.6 is 0 Å². The van der Waals surface area contributed by atoms with Gasteiger partial charge in [-0.1, -0.05) is 0 Å². The highest BCUT2D eigenvalue weighted by atomic mass is 32.2. The Bertz CT molecular complexity index is 1190. The summed E-state index contributed by atoms with van der Waals surface area (Å²) in [6.45, 7) is 0.514. The molecule has 2 aromatic rings. The summed E-state index contributed by atoms with van der Waals surface area (Å²) >= 11 is 0. The lowest BCUT2D eigenvalue weighted by Gasteiger charge is -2.18. The Hall–Kier alpha value is -3.00. The van der Waals surface area contributed by atoms with Gasteiger partial charge in [-0.15, -0.1) is 0 Å². The van der Waals surface area contributed by atoms with Crippen LogP contribution in [-0.2, 0) is 25.4 Å². The Morgan fingerprint density at radius 1 is 1.26 bits per heavy atom. The molecular formula is C16H22N6O11S. The second kappa shape index (κ2) is 9.70. The van der Waals surface area contributed by atoms with E-state index < -0.39 is 82.8 Å². The highest BCUT2D eigenvalue weighted by Gasteiger charge is 2.44. The number of hydrogen-bond acceptors (Lipinski definition) is 12. The van der Waals surface area contributed by atoms with E-state index in [1.807, 2.05) is 5.32 Å². The Balaban J connectivity index is 2.02. The SMILES string of the molecule is CC(O)C(NC(=O)Nc1nc(CS(=O)(=O)O)nc2c1ncn2[C@@H]1O[C@H](CO)[C@@H](O)[C@H]1O)C(=O)O. The molecule has 6 atom stereocenters. The molecule has 0 radical (unpaired) electrons. The number of fused-ring (bicyclic) bond motifs is 1. The van der Waals surface area contributed by atoms with Gasteiger partial charge in [0.25, 0.3) is 10.1 Å². The number of imidazole rings is 1. The van der Waals surface area contributed by atoms with Crippen molar-refractivity contribution in [1.82, 2.24) is 24.8 Å². The van der Waals surface area contributed by atoms with Crippen LogP contribution in [-0.4, -0.2) is 107 Å². The number of carboxylic acids is 1. The number of rotatable bonds is 8. The highest BCUT2D eigenvalue weighted by Crippen LogP contribution is 2.32. The number of aliphatic carboxylic acids is 1. The lowest BCUT2D eigenvalue weighted by molar-refractivity contribution is -0.141. The minimum atomic E-state index is -4.63. The van der Waals surface area contributed by atoms with Crippen molar-refractivity contribution in [3.63, 3.8) is 0 Å². The second-order valence-corrected chi connectivity index (χ2v) is 8.88. The Morgan fingerprint density at radius 3 is 2.47 bits per heavy atom. The van der Waals surface area contributed by atoms with Crippen LogP contribution < -0.4 is 10.6 Å². The average molecular weight is 506 g/mol. The molecule has 188 valence electrons. The number of carbonyl (C=O) groups is 2. The van der Waals surface area contributed by atoms with E-state index in [1.54, 1.807) is 0 Å². The van der Waals surface area contributed by atoms with Crippen molar-refractivity contribution in [3.05, 3.63) is 12.2 Å². The first kappa shape index (κ1) is 25.6. The molecule has 3 rings (SSSR count). The number of ether oxygens (including phenoxy) is 1. The lowest BCUT2D eigenvalue weighted by Crippen LogP contribution is -2.49. The molecule has 2 unspecified atom stereocenters. The number of urea groups is 1. The van der Waals surface area contributed by atoms with E-state index in [-0.39, 0.29) is 11.2 Å². The van der Waals surface area contributed by atoms with Gasteiger partial charge >= 0.3 is 12.0 Å². The zero-order valence-corrected chi connectivity index (χ0v) is 18.2. The normalized spacial score (nSPS) is 24.6. The predicted octanol–water partition coefficient (Wildman–Crippen LogP) is -3.22. The fraction of sp³-hybridized carbons (Fsp3) is 0.562. The van der Waals surface area contributed by atoms with E-state index in [1.165, 1.54) is 0 Å². The standard InChI is InChI=1S/C16H22N6O11S/c1-5(24)8(15(27)28)20-16(29)21-12-9-13(19-7(18-12)3-34(30,31)32)22(4-17-9)14-11(26)10(25)6(2-23)33-14/h4-6,8,10-11,14,23-26H,2-3H2,1H3,(H,27,28)(H,30,31,32)(H2,18,19,20,21,29)/t5?,6-,8?,10-,11-,14-/m1/s1. The van der Waals surface area contributed by atoms with Crippen molar-refractivity contribution < 1.29 is 52.8 Å². The summed E-state index contributed by atoms with van der Waals surface area (Å²) in [6.07, 6.45) is -5.86. The number of carboxylic acid groups (broad SMARTS) is 1. The molecule has 34 heavy (non-hydrogen) atoms. The summed E-state index contributed by atoms with van der Waals surface area (Å²) in [6, 6.07) is -2.83. The van der Waals surface area contributed by atoms with E-state index in [9.17, 15) is 43.0 Å². The monoisotopic (exact) mass is 506 g/mol. The van der Waals surface area contributed by atoms with Gasteiger partial charge in [-0.05, 0) is 6.92 Å². The molecule has 18 heteroatoms. The summed E-state index contributed by atoms with van der Waals surface area (Å²) in [7, 11) is -4.63. The van der Waals surface area contributed by atoms with E-state index in [2.05, 4.69) is 20.3 Å². The summed E-state index contributed by atoms with van der Waals surface area (Å²) in [5, 5.41) is 52.4. The Kier molecular flexibility index (Phi) is 7.31. The van der Waals surface area contributed by atoms with Crippen molar-refractivity contribution in [2.45, 2.75) is 49.4 Å². The fourth-order valence-electron chi connectivity index (χ4n) is 3.25. The molecule has 1 saturated heterocycles. The Morgan fingerprint density at radius 2 is 1.94 bits per heavy atom. The molecule has 0 saturated carbocycles. The predicted molar refractivity (Wildman–Crippen MR) is 109 cm³/mol. The fourth-order valence-corrected chi connectivity index (χ4v) is 3.70. The van der Waals surface area contributed by atoms with Gasteiger partial charge in [-0.25, -0.2) is 24.5 Å². The average Bonchev–Trinajstić information content (AvgIpc) is 3.25. The summed E-state index contributed by atoms with van der Waals surface area (Å²) in [5.74, 6) is -3.52. The van der Waals surface area contributed by atoms with Crippen molar-refractivity contribution in [1.29, 1.82) is 0 Å². The first-order valence-corrected chi connectivity index (χ1v) is 11.2. The maximum absolute atomic E-state index is 12.3. The van der Waals surface area contributed by atoms with Crippen LogP contribution in [0.3, 0.4) is 0 Å². The van der Waals surface area contributed by atoms with E-state index >= 15 is 0 Å². The zero-order chi connectivity index (χ0) is 25.4. The molecule has 0 aromatic carbocycles. The number of aliphatic hydroxyl groups is 4. The van der Waals surface area contributed by atoms with Crippen molar-refractivity contribution in [2.24, 2.45) is 0 Å². The molecule has 0 bridgehead atoms. The third-order valence-corrected chi connectivity index (χ3v) is 5.46. The van der Waals surface area contributed by atoms with Crippen LogP contribution in [0, 0.1) is 0 Å². The zero-order valence-electron chi connectivity index (χ0n) is 17.4. The van der Waals surface area contributed by atoms with Gasteiger partial charge in [0.2, 0.25) is 0 Å². The van der Waals surface area contributed by atoms with Gasteiger partial charge in [0.05, 0.1) is 19.0 Å². The van der Waals surface area contributed by atoms with Gasteiger partial charge in [0, 0.05) is 0 Å². The molecule has 0 spiro atoms. The molecule has 8 N–H and O–H groups in total. The lowest BCUT2D eigenvalue weighted by atomic mass is 10.1. The number of amides is 2. The minimum Gasteiger partial charge on any atom is -0.480 e. The van der Waals surface area contributed by atoms with Gasteiger partial charge in [0.1, 0.15) is 24.1 Å². The number of anilines is 1. The largest absolute Gasteiger partial charge is 0.480 e. The molecular weight excluding hydrogens is 484 g/mol. The summed E-state index contributed by atoms with van der Waals surface area (Å²) < 4.78 is 38.4. The Labute approximate surface area is 190 Å². The number of nitrogens with one attached hydrogen (secondary N) is 2. The molecule has 1 fully saturated rings. The minimum absolute atomic E-state index is 0.157. The highest BCUT2D eigenvalue weighted by molar-refractivity contribution is 7.84. The third-order valence-electron chi connectivity index (χ3n) is 4.84. The molecule has 3 heterocycles. The number of carbonyl (C=O) groups excluding carboxylic acids is 1. The van der Waals surface area contributed by atoms with Crippen molar-refractivity contribution >= 4 is 39.1 Å². The van der Waals surface area contributed by atoms with Crippen LogP contribution in [0.15, 0.2) is 6.33 Å². The summed E-state index contributed by atoms with van der Waals surface area (Å²) in [4.78, 5) is 35.3. The number of aliphatic hydroxyl groups excluding tert-OH is 4. The van der Waals surface area contributed by atoms with Gasteiger partial charge in [-0.3, -0.25) is 14.4 Å². The van der Waals surface area contributed by atoms with E-state index in [4.69, 9.17) is 9.84 Å².